The van der Waals surface area contributed by atoms with E-state index in [0.29, 0.717) is 24.4 Å². The summed E-state index contributed by atoms with van der Waals surface area (Å²) in [5.41, 5.74) is 4.81. The lowest BCUT2D eigenvalue weighted by atomic mass is 9.93. The number of ether oxygens (including phenoxy) is 1. The molecule has 0 unspecified atom stereocenters. The Balaban J connectivity index is 2.27. The summed E-state index contributed by atoms with van der Waals surface area (Å²) < 4.78 is 5.00. The van der Waals surface area contributed by atoms with Crippen LogP contribution in [0.3, 0.4) is 0 Å². The van der Waals surface area contributed by atoms with Gasteiger partial charge in [-0.2, -0.15) is 0 Å². The molecule has 0 bridgehead atoms. The molecule has 0 saturated heterocycles. The van der Waals surface area contributed by atoms with Gasteiger partial charge in [-0.25, -0.2) is 4.79 Å². The van der Waals surface area contributed by atoms with Crippen LogP contribution in [0.25, 0.3) is 0 Å². The van der Waals surface area contributed by atoms with Crippen LogP contribution in [-0.2, 0) is 4.74 Å². The number of nitrogens with zero attached hydrogens (tertiary/aromatic N) is 1. The van der Waals surface area contributed by atoms with E-state index < -0.39 is 0 Å². The number of methoxy groups -OCH3 is 1. The van der Waals surface area contributed by atoms with Crippen molar-refractivity contribution in [2.45, 2.75) is 39.5 Å². The van der Waals surface area contributed by atoms with Crippen molar-refractivity contribution in [3.63, 3.8) is 0 Å². The van der Waals surface area contributed by atoms with Crippen LogP contribution in [-0.4, -0.2) is 46.3 Å². The molecule has 0 aromatic heterocycles. The Hall–Kier alpha value is -3.06. The number of carbonyl (C=O) groups is 2. The number of anilines is 3. The monoisotopic (exact) mass is 440 g/mol. The first-order valence-electron chi connectivity index (χ1n) is 10.9. The molecule has 0 aliphatic heterocycles. The second-order valence-electron chi connectivity index (χ2n) is 8.58. The fraction of sp³-hybridized carbons (Fsp3) is 0.440. The van der Waals surface area contributed by atoms with Gasteiger partial charge in [0.2, 0.25) is 0 Å². The first-order chi connectivity index (χ1) is 15.1. The Morgan fingerprint density at radius 3 is 2.12 bits per heavy atom. The van der Waals surface area contributed by atoms with Gasteiger partial charge in [0, 0.05) is 44.8 Å². The zero-order chi connectivity index (χ0) is 23.8. The van der Waals surface area contributed by atoms with Gasteiger partial charge < -0.3 is 25.6 Å². The number of carbonyl (C=O) groups excluding carboxylic acids is 2. The zero-order valence-corrected chi connectivity index (χ0v) is 20.2. The van der Waals surface area contributed by atoms with E-state index in [-0.39, 0.29) is 23.8 Å². The third-order valence-electron chi connectivity index (χ3n) is 5.18. The Kier molecular flexibility index (Phi) is 9.08. The van der Waals surface area contributed by atoms with E-state index >= 15 is 0 Å². The van der Waals surface area contributed by atoms with E-state index in [0.717, 1.165) is 22.5 Å². The summed E-state index contributed by atoms with van der Waals surface area (Å²) >= 11 is 0. The molecule has 0 saturated carbocycles. The molecule has 0 radical (unpaired) electrons. The minimum absolute atomic E-state index is 0.220. The summed E-state index contributed by atoms with van der Waals surface area (Å²) in [5.74, 6) is 0.318. The average Bonchev–Trinajstić information content (AvgIpc) is 2.73. The number of para-hydroxylation sites is 1. The number of benzene rings is 2. The molecule has 7 nitrogen and oxygen atoms in total. The molecule has 0 spiro atoms. The summed E-state index contributed by atoms with van der Waals surface area (Å²) in [6.45, 7) is 9.27. The van der Waals surface area contributed by atoms with Crippen LogP contribution >= 0.6 is 0 Å². The van der Waals surface area contributed by atoms with Crippen molar-refractivity contribution in [1.29, 1.82) is 0 Å². The quantitative estimate of drug-likeness (QED) is 0.478. The minimum atomic E-state index is -0.344. The fourth-order valence-corrected chi connectivity index (χ4v) is 3.52. The van der Waals surface area contributed by atoms with E-state index in [4.69, 9.17) is 4.74 Å². The topological polar surface area (TPSA) is 82.7 Å². The van der Waals surface area contributed by atoms with Gasteiger partial charge in [-0.3, -0.25) is 4.79 Å². The number of nitrogens with one attached hydrogen (secondary N) is 3. The molecule has 2 aromatic rings. The van der Waals surface area contributed by atoms with Crippen molar-refractivity contribution in [2.75, 3.05) is 49.9 Å². The highest BCUT2D eigenvalue weighted by Crippen LogP contribution is 2.32. The summed E-state index contributed by atoms with van der Waals surface area (Å²) in [6, 6.07) is 11.1. The maximum absolute atomic E-state index is 12.9. The number of amides is 3. The predicted octanol–water partition coefficient (Wildman–Crippen LogP) is 5.02. The molecule has 2 rings (SSSR count). The highest BCUT2D eigenvalue weighted by Gasteiger charge is 2.18. The Bertz CT molecular complexity index is 913. The summed E-state index contributed by atoms with van der Waals surface area (Å²) in [4.78, 5) is 27.4. The highest BCUT2D eigenvalue weighted by molar-refractivity contribution is 6.04. The normalized spacial score (nSPS) is 10.9. The van der Waals surface area contributed by atoms with Gasteiger partial charge in [0.05, 0.1) is 12.2 Å². The molecule has 0 atom stereocenters. The van der Waals surface area contributed by atoms with Crippen molar-refractivity contribution in [3.05, 3.63) is 53.1 Å². The third kappa shape index (κ3) is 6.47. The number of hydrogen-bond donors (Lipinski definition) is 3. The second-order valence-corrected chi connectivity index (χ2v) is 8.58. The van der Waals surface area contributed by atoms with Gasteiger partial charge >= 0.3 is 6.03 Å². The van der Waals surface area contributed by atoms with E-state index in [1.54, 1.807) is 19.2 Å². The van der Waals surface area contributed by atoms with E-state index in [1.807, 2.05) is 43.3 Å². The molecule has 2 aromatic carbocycles. The first-order valence-corrected chi connectivity index (χ1v) is 10.9. The SMILES string of the molecule is COCCNC(=O)c1cc(NC(=O)Nc2c(C(C)C)cccc2C(C)C)ccc1N(C)C. The van der Waals surface area contributed by atoms with Gasteiger partial charge in [-0.05, 0) is 41.2 Å². The van der Waals surface area contributed by atoms with Crippen LogP contribution in [0.5, 0.6) is 0 Å². The lowest BCUT2D eigenvalue weighted by Crippen LogP contribution is -2.29. The third-order valence-corrected chi connectivity index (χ3v) is 5.18. The first kappa shape index (κ1) is 25.2. The zero-order valence-electron chi connectivity index (χ0n) is 20.2. The Labute approximate surface area is 191 Å². The van der Waals surface area contributed by atoms with Crippen LogP contribution in [0.2, 0.25) is 0 Å². The van der Waals surface area contributed by atoms with Crippen molar-refractivity contribution in [3.8, 4) is 0 Å². The minimum Gasteiger partial charge on any atom is -0.383 e. The standard InChI is InChI=1S/C25H36N4O3/c1-16(2)19-9-8-10-20(17(3)4)23(19)28-25(31)27-18-11-12-22(29(5)6)21(15-18)24(30)26-13-14-32-7/h8-12,15-17H,13-14H2,1-7H3,(H,26,30)(H2,27,28,31). The maximum atomic E-state index is 12.9. The fourth-order valence-electron chi connectivity index (χ4n) is 3.52. The van der Waals surface area contributed by atoms with Crippen molar-refractivity contribution in [2.24, 2.45) is 0 Å². The van der Waals surface area contributed by atoms with Gasteiger partial charge in [0.15, 0.2) is 0 Å². The van der Waals surface area contributed by atoms with Crippen LogP contribution in [0, 0.1) is 0 Å². The second kappa shape index (κ2) is 11.5. The molecule has 0 aliphatic carbocycles. The summed E-state index contributed by atoms with van der Waals surface area (Å²) in [6.07, 6.45) is 0. The van der Waals surface area contributed by atoms with Gasteiger partial charge in [-0.15, -0.1) is 0 Å². The summed E-state index contributed by atoms with van der Waals surface area (Å²) in [5, 5.41) is 8.76. The average molecular weight is 441 g/mol. The number of hydrogen-bond acceptors (Lipinski definition) is 4. The molecule has 0 heterocycles. The molecule has 174 valence electrons. The van der Waals surface area contributed by atoms with Crippen LogP contribution in [0.4, 0.5) is 21.9 Å². The lowest BCUT2D eigenvalue weighted by molar-refractivity contribution is 0.0937. The molecule has 3 amide bonds. The van der Waals surface area contributed by atoms with Crippen LogP contribution in [0.15, 0.2) is 36.4 Å². The summed E-state index contributed by atoms with van der Waals surface area (Å²) in [7, 11) is 5.33. The smallest absolute Gasteiger partial charge is 0.323 e. The van der Waals surface area contributed by atoms with E-state index in [9.17, 15) is 9.59 Å². The predicted molar refractivity (Wildman–Crippen MR) is 132 cm³/mol. The van der Waals surface area contributed by atoms with Gasteiger partial charge in [-0.1, -0.05) is 45.9 Å². The molecule has 0 fully saturated rings. The lowest BCUT2D eigenvalue weighted by Gasteiger charge is -2.21. The van der Waals surface area contributed by atoms with Crippen molar-refractivity contribution >= 4 is 29.0 Å². The molecule has 0 aliphatic rings. The van der Waals surface area contributed by atoms with Gasteiger partial charge in [0.1, 0.15) is 0 Å². The van der Waals surface area contributed by atoms with E-state index in [2.05, 4.69) is 43.6 Å². The van der Waals surface area contributed by atoms with Crippen molar-refractivity contribution in [1.82, 2.24) is 5.32 Å². The highest BCUT2D eigenvalue weighted by atomic mass is 16.5. The molecular formula is C25H36N4O3. The van der Waals surface area contributed by atoms with Gasteiger partial charge in [0.25, 0.3) is 5.91 Å². The molecule has 32 heavy (non-hydrogen) atoms. The molecule has 7 heteroatoms. The molecule has 3 N–H and O–H groups in total. The number of urea groups is 1. The Morgan fingerprint density at radius 2 is 1.59 bits per heavy atom. The largest absolute Gasteiger partial charge is 0.383 e. The number of rotatable bonds is 9. The maximum Gasteiger partial charge on any atom is 0.323 e. The van der Waals surface area contributed by atoms with Crippen LogP contribution < -0.4 is 20.9 Å². The van der Waals surface area contributed by atoms with E-state index in [1.165, 1.54) is 0 Å². The van der Waals surface area contributed by atoms with Crippen molar-refractivity contribution < 1.29 is 14.3 Å². The molecular weight excluding hydrogens is 404 g/mol. The van der Waals surface area contributed by atoms with Crippen LogP contribution in [0.1, 0.15) is 61.0 Å². The Morgan fingerprint density at radius 1 is 0.969 bits per heavy atom.